The first-order valence-electron chi connectivity index (χ1n) is 8.27. The van der Waals surface area contributed by atoms with E-state index in [0.29, 0.717) is 30.0 Å². The summed E-state index contributed by atoms with van der Waals surface area (Å²) in [4.78, 5) is 12.1. The Hall–Kier alpha value is -2.89. The summed E-state index contributed by atoms with van der Waals surface area (Å²) in [6.45, 7) is 0.695. The van der Waals surface area contributed by atoms with E-state index in [0.717, 1.165) is 9.47 Å². The highest BCUT2D eigenvalue weighted by molar-refractivity contribution is 8.01. The SMILES string of the molecule is N#Cc1ccccc1NC(=O)CCSc1nnc(NCc2ccccc2)s1. The summed E-state index contributed by atoms with van der Waals surface area (Å²) in [7, 11) is 0. The van der Waals surface area contributed by atoms with E-state index in [9.17, 15) is 4.79 Å². The maximum Gasteiger partial charge on any atom is 0.225 e. The van der Waals surface area contributed by atoms with E-state index in [2.05, 4.69) is 26.9 Å². The topological polar surface area (TPSA) is 90.7 Å². The van der Waals surface area contributed by atoms with Crippen molar-refractivity contribution in [3.63, 3.8) is 0 Å². The molecule has 2 N–H and O–H groups in total. The molecule has 0 aliphatic heterocycles. The minimum Gasteiger partial charge on any atom is -0.356 e. The molecular weight excluding hydrogens is 378 g/mol. The molecule has 0 unspecified atom stereocenters. The van der Waals surface area contributed by atoms with E-state index < -0.39 is 0 Å². The van der Waals surface area contributed by atoms with E-state index in [-0.39, 0.29) is 5.91 Å². The molecule has 27 heavy (non-hydrogen) atoms. The van der Waals surface area contributed by atoms with Gasteiger partial charge in [0.05, 0.1) is 11.3 Å². The van der Waals surface area contributed by atoms with E-state index in [1.165, 1.54) is 28.7 Å². The number of carbonyl (C=O) groups excluding carboxylic acids is 1. The molecule has 0 fully saturated rings. The Morgan fingerprint density at radius 1 is 1.11 bits per heavy atom. The predicted molar refractivity (Wildman–Crippen MR) is 109 cm³/mol. The first-order chi connectivity index (χ1) is 13.2. The van der Waals surface area contributed by atoms with Crippen LogP contribution in [0, 0.1) is 11.3 Å². The second kappa shape index (κ2) is 9.71. The van der Waals surface area contributed by atoms with Crippen LogP contribution >= 0.6 is 23.1 Å². The Morgan fingerprint density at radius 3 is 2.70 bits per heavy atom. The lowest BCUT2D eigenvalue weighted by Crippen LogP contribution is -2.13. The number of nitrogens with zero attached hydrogens (tertiary/aromatic N) is 3. The van der Waals surface area contributed by atoms with Gasteiger partial charge in [0, 0.05) is 18.7 Å². The minimum absolute atomic E-state index is 0.128. The second-order valence-corrected chi connectivity index (χ2v) is 7.84. The Kier molecular flexibility index (Phi) is 6.79. The van der Waals surface area contributed by atoms with Gasteiger partial charge in [-0.3, -0.25) is 4.79 Å². The number of thioether (sulfide) groups is 1. The average molecular weight is 396 g/mol. The van der Waals surface area contributed by atoms with Gasteiger partial charge in [0.1, 0.15) is 6.07 Å². The monoisotopic (exact) mass is 395 g/mol. The van der Waals surface area contributed by atoms with Crippen molar-refractivity contribution in [1.29, 1.82) is 5.26 Å². The van der Waals surface area contributed by atoms with Gasteiger partial charge in [-0.2, -0.15) is 5.26 Å². The fourth-order valence-corrected chi connectivity index (χ4v) is 4.00. The lowest BCUT2D eigenvalue weighted by molar-refractivity contribution is -0.115. The first kappa shape index (κ1) is 18.9. The van der Waals surface area contributed by atoms with Crippen molar-refractivity contribution in [2.24, 2.45) is 0 Å². The Morgan fingerprint density at radius 2 is 1.89 bits per heavy atom. The van der Waals surface area contributed by atoms with Gasteiger partial charge in [-0.1, -0.05) is 65.6 Å². The zero-order valence-corrected chi connectivity index (χ0v) is 16.0. The molecule has 1 aromatic heterocycles. The summed E-state index contributed by atoms with van der Waals surface area (Å²) < 4.78 is 0.816. The van der Waals surface area contributed by atoms with Crippen LogP contribution in [0.15, 0.2) is 58.9 Å². The van der Waals surface area contributed by atoms with Crippen molar-refractivity contribution in [1.82, 2.24) is 10.2 Å². The van der Waals surface area contributed by atoms with Crippen LogP contribution < -0.4 is 10.6 Å². The summed E-state index contributed by atoms with van der Waals surface area (Å²) in [6, 6.07) is 19.1. The maximum atomic E-state index is 12.1. The molecule has 0 radical (unpaired) electrons. The highest BCUT2D eigenvalue weighted by Gasteiger charge is 2.09. The summed E-state index contributed by atoms with van der Waals surface area (Å²) in [5.74, 6) is 0.463. The number of rotatable bonds is 8. The molecule has 0 aliphatic rings. The molecule has 0 saturated heterocycles. The summed E-state index contributed by atoms with van der Waals surface area (Å²) in [5, 5.41) is 24.1. The molecule has 1 heterocycles. The molecule has 0 spiro atoms. The highest BCUT2D eigenvalue weighted by Crippen LogP contribution is 2.26. The number of hydrogen-bond donors (Lipinski definition) is 2. The summed E-state index contributed by atoms with van der Waals surface area (Å²) >= 11 is 2.96. The molecule has 2 aromatic carbocycles. The number of anilines is 2. The van der Waals surface area contributed by atoms with Gasteiger partial charge in [0.15, 0.2) is 4.34 Å². The van der Waals surface area contributed by atoms with Crippen molar-refractivity contribution < 1.29 is 4.79 Å². The zero-order chi connectivity index (χ0) is 18.9. The third kappa shape index (κ3) is 5.81. The molecule has 3 aromatic rings. The van der Waals surface area contributed by atoms with Gasteiger partial charge in [-0.05, 0) is 17.7 Å². The maximum absolute atomic E-state index is 12.1. The fourth-order valence-electron chi connectivity index (χ4n) is 2.25. The number of aromatic nitrogens is 2. The summed E-state index contributed by atoms with van der Waals surface area (Å²) in [5.41, 5.74) is 2.17. The Bertz CT molecular complexity index is 937. The van der Waals surface area contributed by atoms with Crippen LogP contribution in [0.1, 0.15) is 17.5 Å². The molecule has 0 atom stereocenters. The van der Waals surface area contributed by atoms with Gasteiger partial charge >= 0.3 is 0 Å². The van der Waals surface area contributed by atoms with Crippen molar-refractivity contribution in [3.05, 3.63) is 65.7 Å². The van der Waals surface area contributed by atoms with E-state index in [1.54, 1.807) is 24.3 Å². The normalized spacial score (nSPS) is 10.2. The molecular formula is C19H17N5OS2. The number of para-hydroxylation sites is 1. The van der Waals surface area contributed by atoms with Gasteiger partial charge < -0.3 is 10.6 Å². The zero-order valence-electron chi connectivity index (χ0n) is 14.4. The van der Waals surface area contributed by atoms with Gasteiger partial charge in [0.25, 0.3) is 0 Å². The van der Waals surface area contributed by atoms with Crippen molar-refractivity contribution in [2.75, 3.05) is 16.4 Å². The molecule has 6 nitrogen and oxygen atoms in total. The Labute approximate surface area is 165 Å². The van der Waals surface area contributed by atoms with Crippen LogP contribution in [0.4, 0.5) is 10.8 Å². The predicted octanol–water partition coefficient (Wildman–Crippen LogP) is 4.14. The Balaban J connectivity index is 1.42. The molecule has 3 rings (SSSR count). The van der Waals surface area contributed by atoms with Crippen LogP contribution in [0.5, 0.6) is 0 Å². The van der Waals surface area contributed by atoms with Crippen molar-refractivity contribution >= 4 is 39.8 Å². The van der Waals surface area contributed by atoms with Gasteiger partial charge in [-0.15, -0.1) is 10.2 Å². The first-order valence-corrected chi connectivity index (χ1v) is 10.1. The summed E-state index contributed by atoms with van der Waals surface area (Å²) in [6.07, 6.45) is 0.330. The molecule has 0 saturated carbocycles. The van der Waals surface area contributed by atoms with E-state index in [4.69, 9.17) is 5.26 Å². The van der Waals surface area contributed by atoms with Crippen molar-refractivity contribution in [2.45, 2.75) is 17.3 Å². The third-order valence-electron chi connectivity index (χ3n) is 3.57. The number of amides is 1. The largest absolute Gasteiger partial charge is 0.356 e. The van der Waals surface area contributed by atoms with Crippen LogP contribution in [-0.2, 0) is 11.3 Å². The van der Waals surface area contributed by atoms with Crippen LogP contribution in [0.3, 0.4) is 0 Å². The number of carbonyl (C=O) groups is 1. The standard InChI is InChI=1S/C19H17N5OS2/c20-12-15-8-4-5-9-16(15)22-17(25)10-11-26-19-24-23-18(27-19)21-13-14-6-2-1-3-7-14/h1-9H,10-11,13H2,(H,21,23)(H,22,25). The van der Waals surface area contributed by atoms with Crippen molar-refractivity contribution in [3.8, 4) is 6.07 Å². The number of nitriles is 1. The lowest BCUT2D eigenvalue weighted by Gasteiger charge is -2.05. The number of hydrogen-bond acceptors (Lipinski definition) is 7. The smallest absolute Gasteiger partial charge is 0.225 e. The van der Waals surface area contributed by atoms with E-state index >= 15 is 0 Å². The van der Waals surface area contributed by atoms with Crippen LogP contribution in [0.25, 0.3) is 0 Å². The molecule has 136 valence electrons. The van der Waals surface area contributed by atoms with Crippen LogP contribution in [-0.4, -0.2) is 21.9 Å². The molecule has 8 heteroatoms. The quantitative estimate of drug-likeness (QED) is 0.557. The van der Waals surface area contributed by atoms with Crippen LogP contribution in [0.2, 0.25) is 0 Å². The molecule has 0 aliphatic carbocycles. The van der Waals surface area contributed by atoms with Gasteiger partial charge in [0.2, 0.25) is 11.0 Å². The fraction of sp³-hybridized carbons (Fsp3) is 0.158. The number of nitrogens with one attached hydrogen (secondary N) is 2. The van der Waals surface area contributed by atoms with Gasteiger partial charge in [-0.25, -0.2) is 0 Å². The number of benzene rings is 2. The lowest BCUT2D eigenvalue weighted by atomic mass is 10.2. The molecule has 1 amide bonds. The molecule has 0 bridgehead atoms. The third-order valence-corrected chi connectivity index (χ3v) is 5.59. The van der Waals surface area contributed by atoms with E-state index in [1.807, 2.05) is 30.3 Å². The second-order valence-electron chi connectivity index (χ2n) is 5.52. The highest BCUT2D eigenvalue weighted by atomic mass is 32.2. The minimum atomic E-state index is -0.128. The average Bonchev–Trinajstić information content (AvgIpc) is 3.15.